The first-order valence-electron chi connectivity index (χ1n) is 5.43. The first-order valence-corrected chi connectivity index (χ1v) is 10.8. The lowest BCUT2D eigenvalue weighted by molar-refractivity contribution is 0.151. The Labute approximate surface area is 127 Å². The predicted molar refractivity (Wildman–Crippen MR) is 87.7 cm³/mol. The van der Waals surface area contributed by atoms with Crippen LogP contribution in [0.2, 0.25) is 0 Å². The summed E-state index contributed by atoms with van der Waals surface area (Å²) in [5.41, 5.74) is 0. The molecule has 2 atom stereocenters. The van der Waals surface area contributed by atoms with E-state index >= 15 is 0 Å². The summed E-state index contributed by atoms with van der Waals surface area (Å²) in [4.78, 5) is 11.3. The highest BCUT2D eigenvalue weighted by molar-refractivity contribution is 8.81. The summed E-state index contributed by atoms with van der Waals surface area (Å²) in [5.74, 6) is -0.834. The summed E-state index contributed by atoms with van der Waals surface area (Å²) in [6, 6.07) is 0.288. The Balaban J connectivity index is 4.69. The number of nitrogens with one attached hydrogen (secondary N) is 3. The zero-order valence-electron chi connectivity index (χ0n) is 11.6. The number of ether oxygens (including phenoxy) is 1. The van der Waals surface area contributed by atoms with E-state index < -0.39 is 18.2 Å². The van der Waals surface area contributed by atoms with Crippen molar-refractivity contribution in [2.24, 2.45) is 0 Å². The Morgan fingerprint density at radius 1 is 1.47 bits per heavy atom. The minimum absolute atomic E-state index is 0.162. The van der Waals surface area contributed by atoms with Crippen molar-refractivity contribution in [3.05, 3.63) is 0 Å². The van der Waals surface area contributed by atoms with Crippen LogP contribution in [0.4, 0.5) is 4.79 Å². The molecule has 0 aromatic heterocycles. The van der Waals surface area contributed by atoms with Crippen LogP contribution in [0, 0.1) is 5.41 Å². The van der Waals surface area contributed by atoms with E-state index in [0.29, 0.717) is 0 Å². The van der Waals surface area contributed by atoms with Crippen molar-refractivity contribution in [1.29, 1.82) is 5.41 Å². The fraction of sp³-hybridized carbons (Fsp3) is 0.778. The maximum absolute atomic E-state index is 11.3. The maximum atomic E-state index is 11.3. The van der Waals surface area contributed by atoms with E-state index in [1.807, 2.05) is 13.8 Å². The summed E-state index contributed by atoms with van der Waals surface area (Å²) in [6.07, 6.45) is -3.03. The largest absolute Gasteiger partial charge is 0.431 e. The smallest absolute Gasteiger partial charge is 0.408 e. The van der Waals surface area contributed by atoms with Crippen molar-refractivity contribution in [3.63, 3.8) is 0 Å². The predicted octanol–water partition coefficient (Wildman–Crippen LogP) is 2.61. The molecule has 0 fully saturated rings. The number of hydrogen-bond donors (Lipinski definition) is 3. The van der Waals surface area contributed by atoms with Gasteiger partial charge in [0.15, 0.2) is 0 Å². The molecular weight excluding hydrogens is 325 g/mol. The van der Waals surface area contributed by atoms with E-state index in [4.69, 9.17) is 26.5 Å². The van der Waals surface area contributed by atoms with Gasteiger partial charge in [0.1, 0.15) is 11.3 Å². The van der Waals surface area contributed by atoms with Crippen molar-refractivity contribution < 1.29 is 14.1 Å². The molecule has 3 N–H and O–H groups in total. The molecule has 112 valence electrons. The number of carbonyl (C=O) groups is 1. The van der Waals surface area contributed by atoms with Gasteiger partial charge in [-0.2, -0.15) is 0 Å². The molecule has 0 aliphatic heterocycles. The van der Waals surface area contributed by atoms with Crippen LogP contribution < -0.4 is 10.0 Å². The van der Waals surface area contributed by atoms with Gasteiger partial charge >= 0.3 is 6.09 Å². The summed E-state index contributed by atoms with van der Waals surface area (Å²) in [5, 5.41) is 10.5. The Bertz CT molecular complexity index is 368. The molecule has 0 bridgehead atoms. The monoisotopic (exact) mass is 345 g/mol. The van der Waals surface area contributed by atoms with Crippen LogP contribution in [0.3, 0.4) is 0 Å². The fourth-order valence-corrected chi connectivity index (χ4v) is 5.06. The molecule has 0 aliphatic carbocycles. The Morgan fingerprint density at radius 2 is 2.05 bits per heavy atom. The lowest BCUT2D eigenvalue weighted by atomic mass is 10.4. The molecule has 1 amide bonds. The Morgan fingerprint density at radius 3 is 2.47 bits per heavy atom. The molecule has 0 rings (SSSR count). The van der Waals surface area contributed by atoms with Gasteiger partial charge in [-0.25, -0.2) is 4.79 Å². The molecule has 6 nitrogen and oxygen atoms in total. The van der Waals surface area contributed by atoms with Crippen molar-refractivity contribution >= 4 is 51.0 Å². The average Bonchev–Trinajstić information content (AvgIpc) is 2.34. The number of carbonyl (C=O) groups excluding carboxylic acids is 1. The zero-order valence-corrected chi connectivity index (χ0v) is 14.9. The molecule has 0 spiro atoms. The van der Waals surface area contributed by atoms with Crippen LogP contribution in [-0.2, 0) is 21.1 Å². The highest BCUT2D eigenvalue weighted by atomic mass is 33.1. The molecule has 0 saturated carbocycles. The van der Waals surface area contributed by atoms with E-state index in [0.717, 1.165) is 0 Å². The van der Waals surface area contributed by atoms with E-state index in [2.05, 4.69) is 10.0 Å². The van der Waals surface area contributed by atoms with Crippen LogP contribution in [-0.4, -0.2) is 43.8 Å². The van der Waals surface area contributed by atoms with Gasteiger partial charge in [-0.3, -0.25) is 10.1 Å². The lowest BCUT2D eigenvalue weighted by Gasteiger charge is -2.26. The average molecular weight is 345 g/mol. The highest BCUT2D eigenvalue weighted by Gasteiger charge is 2.32. The van der Waals surface area contributed by atoms with Crippen molar-refractivity contribution in [1.82, 2.24) is 10.0 Å². The van der Waals surface area contributed by atoms with Crippen LogP contribution in [0.5, 0.6) is 0 Å². The standard InChI is InChI=1S/C9H20N3O3PS3/c1-6(2)12-19-18-7(10)8(15-9(13)11-3)16(5,17)14-4/h6,8,10,12H,1-5H3,(H,11,13). The van der Waals surface area contributed by atoms with Crippen LogP contribution >= 0.6 is 28.0 Å². The van der Waals surface area contributed by atoms with Gasteiger partial charge in [0.2, 0.25) is 5.85 Å². The van der Waals surface area contributed by atoms with Crippen LogP contribution in [0.25, 0.3) is 0 Å². The molecular formula is C9H20N3O3PS3. The third-order valence-corrected chi connectivity index (χ3v) is 7.11. The number of rotatable bonds is 7. The quantitative estimate of drug-likeness (QED) is 0.215. The van der Waals surface area contributed by atoms with Gasteiger partial charge in [-0.15, -0.1) is 0 Å². The molecule has 0 aromatic carbocycles. The number of alkyl carbamates (subject to hydrolysis) is 1. The highest BCUT2D eigenvalue weighted by Crippen LogP contribution is 2.50. The SMILES string of the molecule is CNC(=O)OC(C(=N)SSNC(C)C)P(C)(=S)OC. The molecule has 10 heteroatoms. The summed E-state index contributed by atoms with van der Waals surface area (Å²) in [7, 11) is 5.40. The normalized spacial score (nSPS) is 15.7. The van der Waals surface area contributed by atoms with E-state index in [-0.39, 0.29) is 11.1 Å². The fourth-order valence-electron chi connectivity index (χ4n) is 0.825. The summed E-state index contributed by atoms with van der Waals surface area (Å²) < 4.78 is 13.5. The number of hydrogen-bond acceptors (Lipinski definition) is 8. The second-order valence-electron chi connectivity index (χ2n) is 3.90. The van der Waals surface area contributed by atoms with Crippen molar-refractivity contribution in [2.45, 2.75) is 25.7 Å². The van der Waals surface area contributed by atoms with Crippen LogP contribution in [0.1, 0.15) is 13.8 Å². The molecule has 2 unspecified atom stereocenters. The van der Waals surface area contributed by atoms with Gasteiger partial charge < -0.3 is 14.6 Å². The number of amides is 1. The first-order chi connectivity index (χ1) is 8.74. The summed E-state index contributed by atoms with van der Waals surface area (Å²) in [6.45, 7) is 5.69. The van der Waals surface area contributed by atoms with Gasteiger partial charge in [-0.1, -0.05) is 11.8 Å². The first kappa shape index (κ1) is 19.2. The topological polar surface area (TPSA) is 83.4 Å². The zero-order chi connectivity index (χ0) is 15.1. The third kappa shape index (κ3) is 7.53. The molecule has 0 heterocycles. The van der Waals surface area contributed by atoms with Gasteiger partial charge in [0, 0.05) is 20.2 Å². The second-order valence-corrected chi connectivity index (χ2v) is 10.7. The van der Waals surface area contributed by atoms with Gasteiger partial charge in [0.25, 0.3) is 0 Å². The van der Waals surface area contributed by atoms with E-state index in [1.54, 1.807) is 6.66 Å². The Kier molecular flexibility index (Phi) is 9.30. The molecule has 0 aliphatic rings. The second kappa shape index (κ2) is 9.20. The maximum Gasteiger partial charge on any atom is 0.408 e. The third-order valence-electron chi connectivity index (χ3n) is 1.85. The summed E-state index contributed by atoms with van der Waals surface area (Å²) >= 11 is 5.31. The minimum Gasteiger partial charge on any atom is -0.431 e. The van der Waals surface area contributed by atoms with Gasteiger partial charge in [0.05, 0.1) is 0 Å². The molecule has 19 heavy (non-hydrogen) atoms. The van der Waals surface area contributed by atoms with Crippen molar-refractivity contribution in [2.75, 3.05) is 20.8 Å². The van der Waals surface area contributed by atoms with E-state index in [9.17, 15) is 4.79 Å². The molecule has 0 aromatic rings. The Hall–Kier alpha value is 0.210. The van der Waals surface area contributed by atoms with Gasteiger partial charge in [-0.05, 0) is 42.3 Å². The lowest BCUT2D eigenvalue weighted by Crippen LogP contribution is -2.30. The van der Waals surface area contributed by atoms with Crippen LogP contribution in [0.15, 0.2) is 0 Å². The van der Waals surface area contributed by atoms with E-state index in [1.165, 1.54) is 35.9 Å². The van der Waals surface area contributed by atoms with Crippen molar-refractivity contribution in [3.8, 4) is 0 Å². The minimum atomic E-state index is -2.41. The molecule has 0 saturated heterocycles. The molecule has 0 radical (unpaired) electrons.